The highest BCUT2D eigenvalue weighted by Crippen LogP contribution is 2.11. The Hall–Kier alpha value is -2.33. The van der Waals surface area contributed by atoms with Crippen molar-refractivity contribution in [2.45, 2.75) is 32.7 Å². The molecule has 1 unspecified atom stereocenters. The number of benzene rings is 2. The van der Waals surface area contributed by atoms with Crippen LogP contribution in [0.25, 0.3) is 0 Å². The Morgan fingerprint density at radius 1 is 1.00 bits per heavy atom. The summed E-state index contributed by atoms with van der Waals surface area (Å²) in [6.45, 7) is 4.40. The summed E-state index contributed by atoms with van der Waals surface area (Å²) in [7, 11) is 0. The lowest BCUT2D eigenvalue weighted by molar-refractivity contribution is -0.123. The fraction of sp³-hybridized carbons (Fsp3) is 0.333. The monoisotopic (exact) mass is 372 g/mol. The summed E-state index contributed by atoms with van der Waals surface area (Å²) in [4.78, 5) is 24.8. The summed E-state index contributed by atoms with van der Waals surface area (Å²) in [5.41, 5.74) is 1.73. The maximum Gasteiger partial charge on any atom is 0.251 e. The summed E-state index contributed by atoms with van der Waals surface area (Å²) >= 11 is 5.84. The minimum atomic E-state index is -0.574. The fourth-order valence-corrected chi connectivity index (χ4v) is 2.75. The molecule has 0 saturated carbocycles. The summed E-state index contributed by atoms with van der Waals surface area (Å²) in [6.07, 6.45) is 1.76. The van der Waals surface area contributed by atoms with Gasteiger partial charge in [-0.05, 0) is 48.6 Å². The van der Waals surface area contributed by atoms with Crippen LogP contribution in [0.1, 0.15) is 36.2 Å². The molecule has 0 saturated heterocycles. The molecule has 0 aromatic heterocycles. The number of amides is 2. The number of hydrogen-bond acceptors (Lipinski definition) is 2. The molecule has 26 heavy (non-hydrogen) atoms. The third-order valence-electron chi connectivity index (χ3n) is 4.13. The lowest BCUT2D eigenvalue weighted by Gasteiger charge is -2.21. The first-order valence-electron chi connectivity index (χ1n) is 8.85. The number of halogens is 1. The van der Waals surface area contributed by atoms with Gasteiger partial charge in [-0.1, -0.05) is 55.8 Å². The van der Waals surface area contributed by atoms with Crippen LogP contribution in [0.4, 0.5) is 0 Å². The van der Waals surface area contributed by atoms with Gasteiger partial charge < -0.3 is 10.6 Å². The van der Waals surface area contributed by atoms with Crippen LogP contribution >= 0.6 is 11.6 Å². The van der Waals surface area contributed by atoms with Crippen LogP contribution in [0.5, 0.6) is 0 Å². The SMILES string of the molecule is CC(C)C(NC(=O)c1ccc(Cl)cc1)C(=O)NCCCc1ccccc1. The molecule has 2 N–H and O–H groups in total. The number of aryl methyl sites for hydroxylation is 1. The van der Waals surface area contributed by atoms with Gasteiger partial charge in [-0.3, -0.25) is 9.59 Å². The fourth-order valence-electron chi connectivity index (χ4n) is 2.62. The zero-order chi connectivity index (χ0) is 18.9. The van der Waals surface area contributed by atoms with E-state index >= 15 is 0 Å². The van der Waals surface area contributed by atoms with Crippen LogP contribution in [0.15, 0.2) is 54.6 Å². The molecule has 0 aliphatic carbocycles. The van der Waals surface area contributed by atoms with Gasteiger partial charge >= 0.3 is 0 Å². The van der Waals surface area contributed by atoms with Crippen molar-refractivity contribution >= 4 is 23.4 Å². The standard InChI is InChI=1S/C21H25ClN2O2/c1-15(2)19(24-20(25)17-10-12-18(22)13-11-17)21(26)23-14-6-9-16-7-4-3-5-8-16/h3-5,7-8,10-13,15,19H,6,9,14H2,1-2H3,(H,23,26)(H,24,25). The van der Waals surface area contributed by atoms with E-state index in [1.807, 2.05) is 32.0 Å². The third-order valence-corrected chi connectivity index (χ3v) is 4.38. The smallest absolute Gasteiger partial charge is 0.251 e. The normalized spacial score (nSPS) is 11.8. The molecule has 0 heterocycles. The van der Waals surface area contributed by atoms with Gasteiger partial charge in [-0.15, -0.1) is 0 Å². The van der Waals surface area contributed by atoms with Crippen molar-refractivity contribution in [3.8, 4) is 0 Å². The Balaban J connectivity index is 1.84. The Bertz CT molecular complexity index is 715. The topological polar surface area (TPSA) is 58.2 Å². The minimum Gasteiger partial charge on any atom is -0.354 e. The van der Waals surface area contributed by atoms with E-state index < -0.39 is 6.04 Å². The van der Waals surface area contributed by atoms with Gasteiger partial charge in [0, 0.05) is 17.1 Å². The van der Waals surface area contributed by atoms with Crippen molar-refractivity contribution in [1.29, 1.82) is 0 Å². The minimum absolute atomic E-state index is 0.0135. The van der Waals surface area contributed by atoms with Crippen molar-refractivity contribution < 1.29 is 9.59 Å². The number of carbonyl (C=O) groups is 2. The van der Waals surface area contributed by atoms with Crippen molar-refractivity contribution in [3.63, 3.8) is 0 Å². The van der Waals surface area contributed by atoms with Crippen LogP contribution < -0.4 is 10.6 Å². The molecular formula is C21H25ClN2O2. The second-order valence-electron chi connectivity index (χ2n) is 6.58. The maximum atomic E-state index is 12.5. The van der Waals surface area contributed by atoms with E-state index in [4.69, 9.17) is 11.6 Å². The van der Waals surface area contributed by atoms with E-state index in [9.17, 15) is 9.59 Å². The Kier molecular flexibility index (Phi) is 7.67. The average molecular weight is 373 g/mol. The van der Waals surface area contributed by atoms with E-state index in [-0.39, 0.29) is 17.7 Å². The molecule has 2 aromatic carbocycles. The Morgan fingerprint density at radius 3 is 2.27 bits per heavy atom. The van der Waals surface area contributed by atoms with Crippen molar-refractivity contribution in [1.82, 2.24) is 10.6 Å². The predicted molar refractivity (Wildman–Crippen MR) is 105 cm³/mol. The largest absolute Gasteiger partial charge is 0.354 e. The molecule has 0 fully saturated rings. The molecule has 0 bridgehead atoms. The molecule has 2 amide bonds. The molecule has 2 aromatic rings. The second-order valence-corrected chi connectivity index (χ2v) is 7.02. The molecule has 4 nitrogen and oxygen atoms in total. The van der Waals surface area contributed by atoms with E-state index in [1.165, 1.54) is 5.56 Å². The van der Waals surface area contributed by atoms with Crippen molar-refractivity contribution in [2.24, 2.45) is 5.92 Å². The summed E-state index contributed by atoms with van der Waals surface area (Å²) < 4.78 is 0. The summed E-state index contributed by atoms with van der Waals surface area (Å²) in [5.74, 6) is -0.449. The Morgan fingerprint density at radius 2 is 1.65 bits per heavy atom. The van der Waals surface area contributed by atoms with Crippen LogP contribution in [0.2, 0.25) is 5.02 Å². The quantitative estimate of drug-likeness (QED) is 0.691. The lowest BCUT2D eigenvalue weighted by Crippen LogP contribution is -2.49. The Labute approximate surface area is 159 Å². The van der Waals surface area contributed by atoms with Gasteiger partial charge in [-0.2, -0.15) is 0 Å². The van der Waals surface area contributed by atoms with Gasteiger partial charge in [0.1, 0.15) is 6.04 Å². The summed E-state index contributed by atoms with van der Waals surface area (Å²) in [5, 5.41) is 6.31. The average Bonchev–Trinajstić information content (AvgIpc) is 2.64. The predicted octanol–water partition coefficient (Wildman–Crippen LogP) is 3.84. The van der Waals surface area contributed by atoms with E-state index in [0.29, 0.717) is 17.1 Å². The maximum absolute atomic E-state index is 12.5. The van der Waals surface area contributed by atoms with Crippen molar-refractivity contribution in [3.05, 3.63) is 70.7 Å². The molecule has 138 valence electrons. The summed E-state index contributed by atoms with van der Waals surface area (Å²) in [6, 6.07) is 16.2. The van der Waals surface area contributed by atoms with Gasteiger partial charge in [0.15, 0.2) is 0 Å². The van der Waals surface area contributed by atoms with Gasteiger partial charge in [0.2, 0.25) is 5.91 Å². The van der Waals surface area contributed by atoms with Crippen LogP contribution in [0, 0.1) is 5.92 Å². The van der Waals surface area contributed by atoms with Gasteiger partial charge in [-0.25, -0.2) is 0 Å². The number of nitrogens with one attached hydrogen (secondary N) is 2. The highest BCUT2D eigenvalue weighted by molar-refractivity contribution is 6.30. The zero-order valence-corrected chi connectivity index (χ0v) is 15.9. The first-order valence-corrected chi connectivity index (χ1v) is 9.23. The number of rotatable bonds is 8. The number of hydrogen-bond donors (Lipinski definition) is 2. The molecule has 0 aliphatic heterocycles. The van der Waals surface area contributed by atoms with Crippen molar-refractivity contribution in [2.75, 3.05) is 6.54 Å². The highest BCUT2D eigenvalue weighted by Gasteiger charge is 2.24. The van der Waals surface area contributed by atoms with Crippen LogP contribution in [-0.2, 0) is 11.2 Å². The van der Waals surface area contributed by atoms with Crippen LogP contribution in [0.3, 0.4) is 0 Å². The molecule has 1 atom stereocenters. The number of carbonyl (C=O) groups excluding carboxylic acids is 2. The molecule has 5 heteroatoms. The van der Waals surface area contributed by atoms with Gasteiger partial charge in [0.25, 0.3) is 5.91 Å². The van der Waals surface area contributed by atoms with Gasteiger partial charge in [0.05, 0.1) is 0 Å². The third kappa shape index (κ3) is 6.19. The highest BCUT2D eigenvalue weighted by atomic mass is 35.5. The first kappa shape index (κ1) is 20.0. The molecular weight excluding hydrogens is 348 g/mol. The van der Waals surface area contributed by atoms with E-state index in [1.54, 1.807) is 24.3 Å². The second kappa shape index (κ2) is 9.97. The van der Waals surface area contributed by atoms with Crippen LogP contribution in [-0.4, -0.2) is 24.4 Å². The zero-order valence-electron chi connectivity index (χ0n) is 15.2. The van der Waals surface area contributed by atoms with E-state index in [2.05, 4.69) is 22.8 Å². The van der Waals surface area contributed by atoms with E-state index in [0.717, 1.165) is 12.8 Å². The molecule has 0 spiro atoms. The molecule has 0 aliphatic rings. The first-order chi connectivity index (χ1) is 12.5. The molecule has 0 radical (unpaired) electrons. The lowest BCUT2D eigenvalue weighted by atomic mass is 10.0. The molecule has 2 rings (SSSR count).